The highest BCUT2D eigenvalue weighted by Crippen LogP contribution is 2.54. The third-order valence-corrected chi connectivity index (χ3v) is 9.00. The van der Waals surface area contributed by atoms with Gasteiger partial charge in [0.2, 0.25) is 0 Å². The summed E-state index contributed by atoms with van der Waals surface area (Å²) in [6.07, 6.45) is 0. The Bertz CT molecular complexity index is 2330. The zero-order chi connectivity index (χ0) is 30.1. The lowest BCUT2D eigenvalue weighted by Crippen LogP contribution is -2.14. The molecular formula is C40H28N4O. The molecular weight excluding hydrogens is 552 g/mol. The van der Waals surface area contributed by atoms with Crippen molar-refractivity contribution in [2.45, 2.75) is 19.3 Å². The van der Waals surface area contributed by atoms with E-state index in [0.717, 1.165) is 50.1 Å². The molecule has 3 aromatic heterocycles. The summed E-state index contributed by atoms with van der Waals surface area (Å²) < 4.78 is 9.27. The monoisotopic (exact) mass is 580 g/mol. The maximum atomic E-state index is 6.93. The van der Waals surface area contributed by atoms with Gasteiger partial charge in [-0.3, -0.25) is 0 Å². The largest absolute Gasteiger partial charge is 0.457 e. The smallest absolute Gasteiger partial charge is 0.164 e. The molecule has 0 fully saturated rings. The maximum Gasteiger partial charge on any atom is 0.164 e. The van der Waals surface area contributed by atoms with Crippen molar-refractivity contribution in [3.63, 3.8) is 0 Å². The van der Waals surface area contributed by atoms with Crippen LogP contribution in [0, 0.1) is 0 Å². The number of para-hydroxylation sites is 1. The van der Waals surface area contributed by atoms with Crippen LogP contribution in [0.25, 0.3) is 73.0 Å². The maximum absolute atomic E-state index is 6.93. The molecule has 45 heavy (non-hydrogen) atoms. The first kappa shape index (κ1) is 25.7. The molecule has 0 unspecified atom stereocenters. The summed E-state index contributed by atoms with van der Waals surface area (Å²) in [5.41, 5.74) is 10.4. The topological polar surface area (TPSA) is 56.7 Å². The van der Waals surface area contributed by atoms with Gasteiger partial charge < -0.3 is 8.98 Å². The molecule has 8 aromatic rings. The molecule has 0 bridgehead atoms. The number of furan rings is 1. The van der Waals surface area contributed by atoms with Crippen molar-refractivity contribution in [1.82, 2.24) is 19.5 Å². The molecule has 1 aliphatic carbocycles. The van der Waals surface area contributed by atoms with E-state index >= 15 is 0 Å². The Labute approximate surface area is 260 Å². The van der Waals surface area contributed by atoms with E-state index in [4.69, 9.17) is 19.4 Å². The Morgan fingerprint density at radius 2 is 1.13 bits per heavy atom. The summed E-state index contributed by atoms with van der Waals surface area (Å²) in [6.45, 7) is 4.50. The molecule has 5 heteroatoms. The van der Waals surface area contributed by atoms with Gasteiger partial charge in [-0.1, -0.05) is 103 Å². The van der Waals surface area contributed by atoms with Crippen molar-refractivity contribution in [2.75, 3.05) is 0 Å². The van der Waals surface area contributed by atoms with E-state index in [1.165, 1.54) is 16.7 Å². The van der Waals surface area contributed by atoms with Gasteiger partial charge in [-0.2, -0.15) is 0 Å². The molecule has 5 aromatic carbocycles. The normalized spacial score (nSPS) is 13.3. The third kappa shape index (κ3) is 3.84. The van der Waals surface area contributed by atoms with Gasteiger partial charge in [-0.25, -0.2) is 15.0 Å². The number of nitrogens with zero attached hydrogens (tertiary/aromatic N) is 4. The van der Waals surface area contributed by atoms with Gasteiger partial charge in [0.15, 0.2) is 23.1 Å². The van der Waals surface area contributed by atoms with Crippen molar-refractivity contribution in [1.29, 1.82) is 0 Å². The first-order valence-corrected chi connectivity index (χ1v) is 15.2. The van der Waals surface area contributed by atoms with E-state index in [2.05, 4.69) is 91.2 Å². The second-order valence-electron chi connectivity index (χ2n) is 12.1. The van der Waals surface area contributed by atoms with Gasteiger partial charge in [-0.15, -0.1) is 0 Å². The number of aromatic nitrogens is 4. The first-order valence-electron chi connectivity index (χ1n) is 15.2. The number of benzene rings is 5. The van der Waals surface area contributed by atoms with Crippen LogP contribution in [0.4, 0.5) is 0 Å². The molecule has 3 heterocycles. The van der Waals surface area contributed by atoms with Crippen molar-refractivity contribution < 1.29 is 4.42 Å². The summed E-state index contributed by atoms with van der Waals surface area (Å²) in [5, 5.41) is 1.02. The Hall–Kier alpha value is -5.81. The Morgan fingerprint density at radius 3 is 1.78 bits per heavy atom. The van der Waals surface area contributed by atoms with Crippen LogP contribution in [-0.2, 0) is 5.41 Å². The number of rotatable bonds is 4. The quantitative estimate of drug-likeness (QED) is 0.208. The summed E-state index contributed by atoms with van der Waals surface area (Å²) in [7, 11) is 0. The lowest BCUT2D eigenvalue weighted by Gasteiger charge is -2.18. The molecule has 214 valence electrons. The van der Waals surface area contributed by atoms with Crippen LogP contribution in [0.3, 0.4) is 0 Å². The minimum absolute atomic E-state index is 0.250. The lowest BCUT2D eigenvalue weighted by atomic mass is 9.86. The van der Waals surface area contributed by atoms with Gasteiger partial charge in [0.25, 0.3) is 0 Å². The van der Waals surface area contributed by atoms with Crippen LogP contribution in [-0.4, -0.2) is 19.5 Å². The van der Waals surface area contributed by atoms with E-state index in [1.54, 1.807) is 0 Å². The fraction of sp³-hybridized carbons (Fsp3) is 0.0750. The standard InChI is InChI=1S/C40H28N4O/c1-40(2)31-21-13-12-20-29(31)33-34-35(45-36(33)40)30-24-27(22-23-32(30)44(34)28-18-10-5-11-19-28)39-42-37(25-14-6-3-7-15-25)41-38(43-39)26-16-8-4-9-17-26/h3-24H,1-2H3. The highest BCUT2D eigenvalue weighted by molar-refractivity contribution is 6.14. The van der Waals surface area contributed by atoms with Crippen molar-refractivity contribution in [3.05, 3.63) is 145 Å². The van der Waals surface area contributed by atoms with Gasteiger partial charge in [0.1, 0.15) is 11.3 Å². The van der Waals surface area contributed by atoms with Crippen molar-refractivity contribution in [3.8, 4) is 51.0 Å². The van der Waals surface area contributed by atoms with Crippen molar-refractivity contribution >= 4 is 22.0 Å². The number of fused-ring (bicyclic) bond motifs is 7. The van der Waals surface area contributed by atoms with Crippen LogP contribution in [0.5, 0.6) is 0 Å². The molecule has 9 rings (SSSR count). The summed E-state index contributed by atoms with van der Waals surface area (Å²) in [6, 6.07) is 45.8. The minimum atomic E-state index is -0.250. The van der Waals surface area contributed by atoms with Crippen LogP contribution < -0.4 is 0 Å². The van der Waals surface area contributed by atoms with Crippen LogP contribution in [0.15, 0.2) is 138 Å². The third-order valence-electron chi connectivity index (χ3n) is 9.00. The van der Waals surface area contributed by atoms with Crippen LogP contribution in [0.2, 0.25) is 0 Å². The highest BCUT2D eigenvalue weighted by atomic mass is 16.3. The average molecular weight is 581 g/mol. The van der Waals surface area contributed by atoms with Gasteiger partial charge >= 0.3 is 0 Å². The van der Waals surface area contributed by atoms with Gasteiger partial charge in [0, 0.05) is 38.7 Å². The Kier molecular flexibility index (Phi) is 5.47. The molecule has 0 radical (unpaired) electrons. The molecule has 0 amide bonds. The van der Waals surface area contributed by atoms with Gasteiger partial charge in [-0.05, 0) is 55.3 Å². The van der Waals surface area contributed by atoms with E-state index in [0.29, 0.717) is 17.5 Å². The Morgan fingerprint density at radius 1 is 0.578 bits per heavy atom. The van der Waals surface area contributed by atoms with Gasteiger partial charge in [0.05, 0.1) is 5.52 Å². The molecule has 1 aliphatic rings. The van der Waals surface area contributed by atoms with Crippen molar-refractivity contribution in [2.24, 2.45) is 0 Å². The molecule has 0 saturated carbocycles. The summed E-state index contributed by atoms with van der Waals surface area (Å²) >= 11 is 0. The molecule has 0 atom stereocenters. The predicted octanol–water partition coefficient (Wildman–Crippen LogP) is 9.87. The second kappa shape index (κ2) is 9.60. The van der Waals surface area contributed by atoms with E-state index in [-0.39, 0.29) is 5.41 Å². The lowest BCUT2D eigenvalue weighted by molar-refractivity contribution is 0.466. The van der Waals surface area contributed by atoms with Crippen LogP contribution in [0.1, 0.15) is 25.2 Å². The molecule has 0 saturated heterocycles. The molecule has 5 nitrogen and oxygen atoms in total. The summed E-state index contributed by atoms with van der Waals surface area (Å²) in [5.74, 6) is 2.90. The fourth-order valence-corrected chi connectivity index (χ4v) is 6.83. The second-order valence-corrected chi connectivity index (χ2v) is 12.1. The zero-order valence-corrected chi connectivity index (χ0v) is 24.9. The molecule has 0 N–H and O–H groups in total. The van der Waals surface area contributed by atoms with E-state index < -0.39 is 0 Å². The van der Waals surface area contributed by atoms with E-state index in [9.17, 15) is 0 Å². The number of hydrogen-bond acceptors (Lipinski definition) is 4. The first-order chi connectivity index (χ1) is 22.1. The summed E-state index contributed by atoms with van der Waals surface area (Å²) in [4.78, 5) is 14.9. The zero-order valence-electron chi connectivity index (χ0n) is 24.9. The average Bonchev–Trinajstić information content (AvgIpc) is 3.71. The van der Waals surface area contributed by atoms with Crippen LogP contribution >= 0.6 is 0 Å². The molecule has 0 aliphatic heterocycles. The highest BCUT2D eigenvalue weighted by Gasteiger charge is 2.42. The van der Waals surface area contributed by atoms with E-state index in [1.807, 2.05) is 60.7 Å². The number of hydrogen-bond donors (Lipinski definition) is 0. The Balaban J connectivity index is 1.33. The predicted molar refractivity (Wildman–Crippen MR) is 180 cm³/mol. The fourth-order valence-electron chi connectivity index (χ4n) is 6.83. The molecule has 0 spiro atoms. The SMILES string of the molecule is CC1(C)c2ccccc2-c2c1oc1c3cc(-c4nc(-c5ccccc5)nc(-c5ccccc5)n4)ccc3n(-c3ccccc3)c21. The minimum Gasteiger partial charge on any atom is -0.457 e.